The molecule has 2 N–H and O–H groups in total. The van der Waals surface area contributed by atoms with E-state index in [0.29, 0.717) is 47.4 Å². The van der Waals surface area contributed by atoms with Gasteiger partial charge in [-0.15, -0.1) is 0 Å². The van der Waals surface area contributed by atoms with Crippen LogP contribution in [0.15, 0.2) is 71.6 Å². The fourth-order valence-electron chi connectivity index (χ4n) is 3.08. The molecule has 0 aliphatic carbocycles. The van der Waals surface area contributed by atoms with E-state index in [9.17, 15) is 13.2 Å². The fourth-order valence-corrected chi connectivity index (χ4v) is 4.15. The molecule has 1 amide bonds. The normalized spacial score (nSPS) is 12.3. The van der Waals surface area contributed by atoms with Crippen LogP contribution in [0.1, 0.15) is 10.4 Å². The summed E-state index contributed by atoms with van der Waals surface area (Å²) in [5.41, 5.74) is 1.13. The van der Waals surface area contributed by atoms with E-state index in [1.807, 2.05) is 6.07 Å². The van der Waals surface area contributed by atoms with Gasteiger partial charge in [0.15, 0.2) is 18.1 Å². The van der Waals surface area contributed by atoms with E-state index in [-0.39, 0.29) is 17.4 Å². The molecule has 1 heterocycles. The van der Waals surface area contributed by atoms with Crippen molar-refractivity contribution in [2.45, 2.75) is 4.90 Å². The van der Waals surface area contributed by atoms with Gasteiger partial charge in [0, 0.05) is 29.1 Å². The van der Waals surface area contributed by atoms with E-state index < -0.39 is 10.0 Å². The Labute approximate surface area is 190 Å². The Kier molecular flexibility index (Phi) is 6.33. The van der Waals surface area contributed by atoms with Gasteiger partial charge in [-0.2, -0.15) is 5.26 Å². The number of benzene rings is 3. The molecule has 10 heteroatoms. The van der Waals surface area contributed by atoms with Crippen molar-refractivity contribution >= 4 is 27.3 Å². The maximum Gasteiger partial charge on any atom is 0.262 e. The molecule has 0 radical (unpaired) electrons. The molecule has 3 aromatic rings. The molecule has 1 aliphatic rings. The molecule has 0 aromatic heterocycles. The molecule has 0 bridgehead atoms. The van der Waals surface area contributed by atoms with E-state index in [4.69, 9.17) is 19.5 Å². The average molecular weight is 465 g/mol. The molecule has 0 fully saturated rings. The van der Waals surface area contributed by atoms with E-state index in [1.54, 1.807) is 30.3 Å². The van der Waals surface area contributed by atoms with Gasteiger partial charge in [-0.25, -0.2) is 8.42 Å². The molecular formula is C23H19N3O6S. The first kappa shape index (κ1) is 22.0. The van der Waals surface area contributed by atoms with Crippen molar-refractivity contribution in [3.05, 3.63) is 72.3 Å². The third-order valence-electron chi connectivity index (χ3n) is 4.62. The standard InChI is InChI=1S/C23H19N3O6S/c24-10-11-30-19-3-1-2-18(14-19)25-23(27)16-4-6-17(7-5-16)26-33(28,29)20-8-9-21-22(15-20)32-13-12-31-21/h1-9,14-15,26H,11-13H2,(H,25,27). The zero-order valence-electron chi connectivity index (χ0n) is 17.3. The topological polar surface area (TPSA) is 127 Å². The maximum atomic E-state index is 12.7. The SMILES string of the molecule is N#CCOc1cccc(NC(=O)c2ccc(NS(=O)(=O)c3ccc4c(c3)OCCO4)cc2)c1. The van der Waals surface area contributed by atoms with Crippen molar-refractivity contribution in [3.63, 3.8) is 0 Å². The monoisotopic (exact) mass is 465 g/mol. The lowest BCUT2D eigenvalue weighted by Crippen LogP contribution is -2.17. The minimum atomic E-state index is -3.86. The second kappa shape index (κ2) is 9.50. The number of anilines is 2. The molecular weight excluding hydrogens is 446 g/mol. The van der Waals surface area contributed by atoms with Gasteiger partial charge in [0.25, 0.3) is 15.9 Å². The molecule has 0 saturated carbocycles. The Morgan fingerprint density at radius 1 is 0.970 bits per heavy atom. The Hall–Kier alpha value is -4.23. The van der Waals surface area contributed by atoms with Crippen LogP contribution >= 0.6 is 0 Å². The lowest BCUT2D eigenvalue weighted by Gasteiger charge is -2.19. The van der Waals surface area contributed by atoms with Gasteiger partial charge in [0.1, 0.15) is 25.0 Å². The lowest BCUT2D eigenvalue weighted by molar-refractivity contribution is 0.102. The van der Waals surface area contributed by atoms with Gasteiger partial charge in [-0.05, 0) is 48.5 Å². The minimum Gasteiger partial charge on any atom is -0.486 e. The van der Waals surface area contributed by atoms with Gasteiger partial charge < -0.3 is 19.5 Å². The number of nitrogens with one attached hydrogen (secondary N) is 2. The number of carbonyl (C=O) groups is 1. The molecule has 0 saturated heterocycles. The van der Waals surface area contributed by atoms with Crippen molar-refractivity contribution in [1.82, 2.24) is 0 Å². The Balaban J connectivity index is 1.43. The number of hydrogen-bond donors (Lipinski definition) is 2. The van der Waals surface area contributed by atoms with Gasteiger partial charge in [0.2, 0.25) is 0 Å². The molecule has 9 nitrogen and oxygen atoms in total. The molecule has 3 aromatic carbocycles. The summed E-state index contributed by atoms with van der Waals surface area (Å²) >= 11 is 0. The third-order valence-corrected chi connectivity index (χ3v) is 6.00. The first-order valence-corrected chi connectivity index (χ1v) is 11.4. The summed E-state index contributed by atoms with van der Waals surface area (Å²) in [5, 5.41) is 11.3. The molecule has 0 unspecified atom stereocenters. The van der Waals surface area contributed by atoms with E-state index in [1.165, 1.54) is 36.4 Å². The third kappa shape index (κ3) is 5.34. The van der Waals surface area contributed by atoms with Crippen LogP contribution in [0.3, 0.4) is 0 Å². The molecule has 4 rings (SSSR count). The van der Waals surface area contributed by atoms with Crippen LogP contribution in [0.5, 0.6) is 17.2 Å². The predicted octanol–water partition coefficient (Wildman–Crippen LogP) is 3.41. The van der Waals surface area contributed by atoms with Crippen LogP contribution in [0.2, 0.25) is 0 Å². The molecule has 0 atom stereocenters. The van der Waals surface area contributed by atoms with Crippen LogP contribution in [0.4, 0.5) is 11.4 Å². The minimum absolute atomic E-state index is 0.0343. The average Bonchev–Trinajstić information content (AvgIpc) is 2.83. The maximum absolute atomic E-state index is 12.7. The summed E-state index contributed by atoms with van der Waals surface area (Å²) in [6.07, 6.45) is 0. The van der Waals surface area contributed by atoms with E-state index in [2.05, 4.69) is 10.0 Å². The lowest BCUT2D eigenvalue weighted by atomic mass is 10.2. The van der Waals surface area contributed by atoms with Crippen LogP contribution in [0, 0.1) is 11.3 Å². The van der Waals surface area contributed by atoms with Crippen LogP contribution in [0.25, 0.3) is 0 Å². The Morgan fingerprint density at radius 2 is 1.73 bits per heavy atom. The Bertz CT molecular complexity index is 1320. The highest BCUT2D eigenvalue weighted by atomic mass is 32.2. The van der Waals surface area contributed by atoms with Crippen LogP contribution in [-0.2, 0) is 10.0 Å². The van der Waals surface area contributed by atoms with Crippen molar-refractivity contribution in [2.75, 3.05) is 29.9 Å². The van der Waals surface area contributed by atoms with Gasteiger partial charge >= 0.3 is 0 Å². The van der Waals surface area contributed by atoms with Gasteiger partial charge in [-0.1, -0.05) is 6.07 Å². The number of amides is 1. The van der Waals surface area contributed by atoms with E-state index >= 15 is 0 Å². The van der Waals surface area contributed by atoms with Gasteiger partial charge in [-0.3, -0.25) is 9.52 Å². The summed E-state index contributed by atoms with van der Waals surface area (Å²) in [6.45, 7) is 0.670. The second-order valence-electron chi connectivity index (χ2n) is 6.92. The van der Waals surface area contributed by atoms with Gasteiger partial charge in [0.05, 0.1) is 4.90 Å². The number of rotatable bonds is 7. The first-order chi connectivity index (χ1) is 15.9. The number of hydrogen-bond acceptors (Lipinski definition) is 7. The summed E-state index contributed by atoms with van der Waals surface area (Å²) in [6, 6.07) is 18.9. The largest absolute Gasteiger partial charge is 0.486 e. The highest BCUT2D eigenvalue weighted by Gasteiger charge is 2.19. The van der Waals surface area contributed by atoms with Crippen molar-refractivity contribution < 1.29 is 27.4 Å². The van der Waals surface area contributed by atoms with E-state index in [0.717, 1.165) is 0 Å². The number of sulfonamides is 1. The number of ether oxygens (including phenoxy) is 3. The quantitative estimate of drug-likeness (QED) is 0.547. The smallest absolute Gasteiger partial charge is 0.262 e. The second-order valence-corrected chi connectivity index (χ2v) is 8.60. The summed E-state index contributed by atoms with van der Waals surface area (Å²) in [4.78, 5) is 12.6. The fraction of sp³-hybridized carbons (Fsp3) is 0.130. The molecule has 1 aliphatic heterocycles. The zero-order valence-corrected chi connectivity index (χ0v) is 18.1. The molecule has 168 valence electrons. The van der Waals surface area contributed by atoms with Crippen LogP contribution < -0.4 is 24.2 Å². The number of fused-ring (bicyclic) bond motifs is 1. The predicted molar refractivity (Wildman–Crippen MR) is 120 cm³/mol. The van der Waals surface area contributed by atoms with Crippen molar-refractivity contribution in [3.8, 4) is 23.3 Å². The zero-order chi connectivity index (χ0) is 23.3. The summed E-state index contributed by atoms with van der Waals surface area (Å²) < 4.78 is 44.0. The molecule has 33 heavy (non-hydrogen) atoms. The highest BCUT2D eigenvalue weighted by molar-refractivity contribution is 7.92. The number of nitrogens with zero attached hydrogens (tertiary/aromatic N) is 1. The summed E-state index contributed by atoms with van der Waals surface area (Å²) in [5.74, 6) is 0.947. The molecule has 0 spiro atoms. The Morgan fingerprint density at radius 3 is 2.48 bits per heavy atom. The number of nitriles is 1. The number of carbonyl (C=O) groups excluding carboxylic acids is 1. The van der Waals surface area contributed by atoms with Crippen molar-refractivity contribution in [1.29, 1.82) is 5.26 Å². The summed E-state index contributed by atoms with van der Waals surface area (Å²) in [7, 11) is -3.86. The van der Waals surface area contributed by atoms with Crippen molar-refractivity contribution in [2.24, 2.45) is 0 Å². The van der Waals surface area contributed by atoms with Crippen LogP contribution in [-0.4, -0.2) is 34.1 Å². The first-order valence-electron chi connectivity index (χ1n) is 9.88. The highest BCUT2D eigenvalue weighted by Crippen LogP contribution is 2.32.